The van der Waals surface area contributed by atoms with Gasteiger partial charge in [-0.05, 0) is 29.3 Å². The van der Waals surface area contributed by atoms with Crippen molar-refractivity contribution in [3.8, 4) is 22.6 Å². The molecule has 0 fully saturated rings. The van der Waals surface area contributed by atoms with Crippen molar-refractivity contribution in [2.45, 2.75) is 11.5 Å². The minimum Gasteiger partial charge on any atom is -0.495 e. The average Bonchev–Trinajstić information content (AvgIpc) is 2.66. The van der Waals surface area contributed by atoms with Crippen LogP contribution in [0.25, 0.3) is 11.1 Å². The molecule has 0 saturated carbocycles. The van der Waals surface area contributed by atoms with Crippen molar-refractivity contribution in [2.24, 2.45) is 5.14 Å². The molecule has 0 aromatic heterocycles. The Morgan fingerprint density at radius 3 is 2.27 bits per heavy atom. The largest absolute Gasteiger partial charge is 0.495 e. The number of ether oxygens (including phenoxy) is 2. The molecule has 3 aromatic carbocycles. The number of primary sulfonamides is 1. The standard InChI is InChI=1S/C20H19NO4S/c1-24-19-12-11-16(13-20(19)26(21,22)23)17-9-5-6-10-18(17)25-14-15-7-3-2-4-8-15/h2-13H,14H2,1H3,(H2,21,22,23). The van der Waals surface area contributed by atoms with Gasteiger partial charge in [0, 0.05) is 5.56 Å². The number of hydrogen-bond acceptors (Lipinski definition) is 4. The van der Waals surface area contributed by atoms with Crippen molar-refractivity contribution in [1.29, 1.82) is 0 Å². The van der Waals surface area contributed by atoms with E-state index in [9.17, 15) is 8.42 Å². The Balaban J connectivity index is 1.97. The molecule has 3 rings (SSSR count). The maximum Gasteiger partial charge on any atom is 0.241 e. The fourth-order valence-electron chi connectivity index (χ4n) is 2.63. The molecule has 0 atom stereocenters. The number of nitrogens with two attached hydrogens (primary N) is 1. The van der Waals surface area contributed by atoms with E-state index in [1.54, 1.807) is 12.1 Å². The minimum absolute atomic E-state index is 0.0598. The first-order valence-electron chi connectivity index (χ1n) is 7.96. The number of rotatable bonds is 6. The van der Waals surface area contributed by atoms with E-state index in [1.165, 1.54) is 13.2 Å². The fraction of sp³-hybridized carbons (Fsp3) is 0.100. The quantitative estimate of drug-likeness (QED) is 0.720. The zero-order chi connectivity index (χ0) is 18.6. The molecule has 0 aliphatic heterocycles. The van der Waals surface area contributed by atoms with Crippen molar-refractivity contribution in [3.63, 3.8) is 0 Å². The fourth-order valence-corrected chi connectivity index (χ4v) is 3.36. The highest BCUT2D eigenvalue weighted by Gasteiger charge is 2.17. The van der Waals surface area contributed by atoms with Gasteiger partial charge in [-0.15, -0.1) is 0 Å². The first-order chi connectivity index (χ1) is 12.5. The van der Waals surface area contributed by atoms with Crippen LogP contribution in [0.4, 0.5) is 0 Å². The topological polar surface area (TPSA) is 78.6 Å². The lowest BCUT2D eigenvalue weighted by atomic mass is 10.0. The smallest absolute Gasteiger partial charge is 0.241 e. The van der Waals surface area contributed by atoms with E-state index in [1.807, 2.05) is 54.6 Å². The molecule has 26 heavy (non-hydrogen) atoms. The van der Waals surface area contributed by atoms with Gasteiger partial charge in [0.05, 0.1) is 7.11 Å². The first-order valence-corrected chi connectivity index (χ1v) is 9.50. The molecule has 2 N–H and O–H groups in total. The molecule has 134 valence electrons. The lowest BCUT2D eigenvalue weighted by Crippen LogP contribution is -2.13. The van der Waals surface area contributed by atoms with Crippen molar-refractivity contribution in [2.75, 3.05) is 7.11 Å². The zero-order valence-corrected chi connectivity index (χ0v) is 15.1. The Labute approximate surface area is 153 Å². The van der Waals surface area contributed by atoms with Gasteiger partial charge in [-0.2, -0.15) is 0 Å². The number of methoxy groups -OCH3 is 1. The Morgan fingerprint density at radius 1 is 0.885 bits per heavy atom. The molecule has 0 aliphatic carbocycles. The lowest BCUT2D eigenvalue weighted by molar-refractivity contribution is 0.307. The van der Waals surface area contributed by atoms with Gasteiger partial charge in [0.2, 0.25) is 10.0 Å². The van der Waals surface area contributed by atoms with Crippen molar-refractivity contribution in [1.82, 2.24) is 0 Å². The van der Waals surface area contributed by atoms with Crippen LogP contribution in [0.15, 0.2) is 77.7 Å². The first kappa shape index (κ1) is 18.0. The number of benzene rings is 3. The summed E-state index contributed by atoms with van der Waals surface area (Å²) in [5.41, 5.74) is 2.50. The summed E-state index contributed by atoms with van der Waals surface area (Å²) in [6.07, 6.45) is 0. The van der Waals surface area contributed by atoms with E-state index in [4.69, 9.17) is 14.6 Å². The van der Waals surface area contributed by atoms with Gasteiger partial charge >= 0.3 is 0 Å². The summed E-state index contributed by atoms with van der Waals surface area (Å²) in [5, 5.41) is 5.31. The van der Waals surface area contributed by atoms with Crippen LogP contribution in [0.3, 0.4) is 0 Å². The highest BCUT2D eigenvalue weighted by molar-refractivity contribution is 7.89. The van der Waals surface area contributed by atoms with Gasteiger partial charge in [0.1, 0.15) is 23.0 Å². The predicted octanol–water partition coefficient (Wildman–Crippen LogP) is 3.59. The summed E-state index contributed by atoms with van der Waals surface area (Å²) in [6, 6.07) is 22.1. The Kier molecular flexibility index (Phi) is 5.25. The zero-order valence-electron chi connectivity index (χ0n) is 14.3. The third kappa shape index (κ3) is 4.04. The van der Waals surface area contributed by atoms with E-state index in [0.29, 0.717) is 17.9 Å². The highest BCUT2D eigenvalue weighted by Crippen LogP contribution is 2.34. The second-order valence-corrected chi connectivity index (χ2v) is 7.21. The molecule has 0 bridgehead atoms. The lowest BCUT2D eigenvalue weighted by Gasteiger charge is -2.14. The Morgan fingerprint density at radius 2 is 1.58 bits per heavy atom. The second-order valence-electron chi connectivity index (χ2n) is 5.68. The summed E-state index contributed by atoms with van der Waals surface area (Å²) >= 11 is 0. The summed E-state index contributed by atoms with van der Waals surface area (Å²) < 4.78 is 34.8. The predicted molar refractivity (Wildman–Crippen MR) is 101 cm³/mol. The van der Waals surface area contributed by atoms with Crippen LogP contribution < -0.4 is 14.6 Å². The van der Waals surface area contributed by atoms with Gasteiger partial charge in [0.25, 0.3) is 0 Å². The van der Waals surface area contributed by atoms with E-state index >= 15 is 0 Å². The van der Waals surface area contributed by atoms with Gasteiger partial charge in [0.15, 0.2) is 0 Å². The minimum atomic E-state index is -3.91. The van der Waals surface area contributed by atoms with Crippen molar-refractivity contribution >= 4 is 10.0 Å². The monoisotopic (exact) mass is 369 g/mol. The van der Waals surface area contributed by atoms with Crippen LogP contribution in [0, 0.1) is 0 Å². The average molecular weight is 369 g/mol. The molecule has 0 unspecified atom stereocenters. The van der Waals surface area contributed by atoms with Crippen LogP contribution in [-0.4, -0.2) is 15.5 Å². The van der Waals surface area contributed by atoms with Gasteiger partial charge in [-0.1, -0.05) is 54.6 Å². The van der Waals surface area contributed by atoms with Crippen LogP contribution >= 0.6 is 0 Å². The van der Waals surface area contributed by atoms with E-state index in [0.717, 1.165) is 11.1 Å². The number of hydrogen-bond donors (Lipinski definition) is 1. The van der Waals surface area contributed by atoms with Crippen molar-refractivity contribution < 1.29 is 17.9 Å². The Bertz CT molecular complexity index is 1000. The molecule has 3 aromatic rings. The normalized spacial score (nSPS) is 11.2. The van der Waals surface area contributed by atoms with Gasteiger partial charge in [-0.25, -0.2) is 13.6 Å². The van der Waals surface area contributed by atoms with E-state index < -0.39 is 10.0 Å². The maximum atomic E-state index is 11.9. The molecule has 0 radical (unpaired) electrons. The maximum absolute atomic E-state index is 11.9. The van der Waals surface area contributed by atoms with E-state index in [-0.39, 0.29) is 10.6 Å². The van der Waals surface area contributed by atoms with Crippen molar-refractivity contribution in [3.05, 3.63) is 78.4 Å². The Hall–Kier alpha value is -2.83. The van der Waals surface area contributed by atoms with Crippen LogP contribution in [-0.2, 0) is 16.6 Å². The van der Waals surface area contributed by atoms with Crippen LogP contribution in [0.5, 0.6) is 11.5 Å². The number of sulfonamides is 1. The molecule has 5 nitrogen and oxygen atoms in total. The summed E-state index contributed by atoms with van der Waals surface area (Å²) in [6.45, 7) is 0.413. The molecule has 0 heterocycles. The molecule has 6 heteroatoms. The van der Waals surface area contributed by atoms with E-state index in [2.05, 4.69) is 0 Å². The van der Waals surface area contributed by atoms with Crippen LogP contribution in [0.2, 0.25) is 0 Å². The third-order valence-corrected chi connectivity index (χ3v) is 4.84. The third-order valence-electron chi connectivity index (χ3n) is 3.91. The molecule has 0 spiro atoms. The molecular formula is C20H19NO4S. The second kappa shape index (κ2) is 7.59. The summed E-state index contributed by atoms with van der Waals surface area (Å²) in [4.78, 5) is -0.0598. The molecule has 0 amide bonds. The highest BCUT2D eigenvalue weighted by atomic mass is 32.2. The summed E-state index contributed by atoms with van der Waals surface area (Å²) in [7, 11) is -2.51. The SMILES string of the molecule is COc1ccc(-c2ccccc2OCc2ccccc2)cc1S(N)(=O)=O. The molecule has 0 aliphatic rings. The van der Waals surface area contributed by atoms with Gasteiger partial charge < -0.3 is 9.47 Å². The number of para-hydroxylation sites is 1. The van der Waals surface area contributed by atoms with Crippen LogP contribution in [0.1, 0.15) is 5.56 Å². The van der Waals surface area contributed by atoms with Gasteiger partial charge in [-0.3, -0.25) is 0 Å². The molecular weight excluding hydrogens is 350 g/mol. The molecule has 0 saturated heterocycles. The summed E-state index contributed by atoms with van der Waals surface area (Å²) in [5.74, 6) is 0.862.